The minimum absolute atomic E-state index is 0.188. The zero-order chi connectivity index (χ0) is 13.6. The Labute approximate surface area is 108 Å². The average Bonchev–Trinajstić information content (AvgIpc) is 2.69. The van der Waals surface area contributed by atoms with Gasteiger partial charge in [0.15, 0.2) is 0 Å². The summed E-state index contributed by atoms with van der Waals surface area (Å²) in [4.78, 5) is 11.4. The first-order valence-corrected chi connectivity index (χ1v) is 6.21. The van der Waals surface area contributed by atoms with E-state index in [0.717, 1.165) is 12.4 Å². The number of carbonyl (C=O) groups is 1. The lowest BCUT2D eigenvalue weighted by Crippen LogP contribution is -2.27. The Morgan fingerprint density at radius 1 is 1.50 bits per heavy atom. The lowest BCUT2D eigenvalue weighted by molar-refractivity contribution is -0.154. The minimum atomic E-state index is -0.417. The monoisotopic (exact) mass is 254 g/mol. The Balaban J connectivity index is 2.21. The van der Waals surface area contributed by atoms with Gasteiger partial charge in [0.05, 0.1) is 13.0 Å². The molecule has 6 nitrogen and oxygen atoms in total. The third-order valence-electron chi connectivity index (χ3n) is 2.25. The molecule has 0 aliphatic carbocycles. The fraction of sp³-hybridized carbons (Fsp3) is 0.750. The normalized spacial score (nSPS) is 11.6. The standard InChI is InChI=1S/C12H22N4O2/c1-5-16-9-14-15-10(16)8-13-7-6-11(17)18-12(2,3)4/h9,13H,5-8H2,1-4H3. The maximum Gasteiger partial charge on any atom is 0.307 e. The molecule has 1 aromatic heterocycles. The molecule has 0 saturated heterocycles. The molecule has 0 aromatic carbocycles. The van der Waals surface area contributed by atoms with E-state index in [2.05, 4.69) is 15.5 Å². The molecule has 0 fully saturated rings. The van der Waals surface area contributed by atoms with Gasteiger partial charge in [-0.3, -0.25) is 4.79 Å². The van der Waals surface area contributed by atoms with Crippen molar-refractivity contribution in [1.29, 1.82) is 0 Å². The van der Waals surface area contributed by atoms with Gasteiger partial charge in [-0.25, -0.2) is 0 Å². The van der Waals surface area contributed by atoms with Crippen LogP contribution in [0.25, 0.3) is 0 Å². The van der Waals surface area contributed by atoms with Crippen LogP contribution >= 0.6 is 0 Å². The molecule has 0 aliphatic heterocycles. The summed E-state index contributed by atoms with van der Waals surface area (Å²) in [6.45, 7) is 9.65. The van der Waals surface area contributed by atoms with Crippen LogP contribution in [0.2, 0.25) is 0 Å². The summed E-state index contributed by atoms with van der Waals surface area (Å²) in [5.74, 6) is 0.689. The Hall–Kier alpha value is -1.43. The van der Waals surface area contributed by atoms with E-state index >= 15 is 0 Å². The van der Waals surface area contributed by atoms with Crippen molar-refractivity contribution in [3.8, 4) is 0 Å². The van der Waals surface area contributed by atoms with Crippen LogP contribution in [0, 0.1) is 0 Å². The third-order valence-corrected chi connectivity index (χ3v) is 2.25. The number of rotatable bonds is 6. The number of carbonyl (C=O) groups excluding carboxylic acids is 1. The summed E-state index contributed by atoms with van der Waals surface area (Å²) >= 11 is 0. The molecule has 0 bridgehead atoms. The topological polar surface area (TPSA) is 69.0 Å². The van der Waals surface area contributed by atoms with E-state index in [0.29, 0.717) is 19.5 Å². The second-order valence-corrected chi connectivity index (χ2v) is 5.05. The fourth-order valence-electron chi connectivity index (χ4n) is 1.46. The van der Waals surface area contributed by atoms with Gasteiger partial charge in [-0.1, -0.05) is 0 Å². The molecule has 0 unspecified atom stereocenters. The van der Waals surface area contributed by atoms with Crippen LogP contribution < -0.4 is 5.32 Å². The zero-order valence-corrected chi connectivity index (χ0v) is 11.6. The largest absolute Gasteiger partial charge is 0.460 e. The quantitative estimate of drug-likeness (QED) is 0.608. The predicted octanol–water partition coefficient (Wildman–Crippen LogP) is 1.12. The van der Waals surface area contributed by atoms with Crippen molar-refractivity contribution >= 4 is 5.97 Å². The van der Waals surface area contributed by atoms with Crippen LogP contribution in [-0.2, 0) is 22.6 Å². The second kappa shape index (κ2) is 6.49. The van der Waals surface area contributed by atoms with Gasteiger partial charge in [-0.2, -0.15) is 0 Å². The molecule has 0 radical (unpaired) electrons. The molecule has 1 aromatic rings. The van der Waals surface area contributed by atoms with Crippen molar-refractivity contribution in [3.63, 3.8) is 0 Å². The zero-order valence-electron chi connectivity index (χ0n) is 11.6. The molecule has 1 rings (SSSR count). The summed E-state index contributed by atoms with van der Waals surface area (Å²) in [6, 6.07) is 0. The van der Waals surface area contributed by atoms with Crippen molar-refractivity contribution in [3.05, 3.63) is 12.2 Å². The summed E-state index contributed by atoms with van der Waals surface area (Å²) in [6.07, 6.45) is 2.06. The van der Waals surface area contributed by atoms with Gasteiger partial charge in [0.25, 0.3) is 0 Å². The van der Waals surface area contributed by atoms with Crippen molar-refractivity contribution in [1.82, 2.24) is 20.1 Å². The molecule has 0 aliphatic rings. The first kappa shape index (κ1) is 14.6. The number of nitrogens with one attached hydrogen (secondary N) is 1. The van der Waals surface area contributed by atoms with Gasteiger partial charge < -0.3 is 14.6 Å². The molecule has 18 heavy (non-hydrogen) atoms. The lowest BCUT2D eigenvalue weighted by Gasteiger charge is -2.19. The third kappa shape index (κ3) is 5.27. The Bertz CT molecular complexity index is 382. The van der Waals surface area contributed by atoms with E-state index in [9.17, 15) is 4.79 Å². The highest BCUT2D eigenvalue weighted by atomic mass is 16.6. The van der Waals surface area contributed by atoms with Crippen LogP contribution in [0.15, 0.2) is 6.33 Å². The molecule has 1 N–H and O–H groups in total. The van der Waals surface area contributed by atoms with Crippen LogP contribution in [0.3, 0.4) is 0 Å². The number of nitrogens with zero attached hydrogens (tertiary/aromatic N) is 3. The number of aromatic nitrogens is 3. The van der Waals surface area contributed by atoms with E-state index in [1.807, 2.05) is 32.3 Å². The Morgan fingerprint density at radius 3 is 2.83 bits per heavy atom. The fourth-order valence-corrected chi connectivity index (χ4v) is 1.46. The summed E-state index contributed by atoms with van der Waals surface area (Å²) in [5.41, 5.74) is -0.417. The number of esters is 1. The van der Waals surface area contributed by atoms with Gasteiger partial charge >= 0.3 is 5.97 Å². The molecular weight excluding hydrogens is 232 g/mol. The number of aryl methyl sites for hydroxylation is 1. The average molecular weight is 254 g/mol. The van der Waals surface area contributed by atoms with Gasteiger partial charge in [0.1, 0.15) is 17.8 Å². The molecule has 6 heteroatoms. The highest BCUT2D eigenvalue weighted by molar-refractivity contribution is 5.70. The van der Waals surface area contributed by atoms with Crippen molar-refractivity contribution in [2.24, 2.45) is 0 Å². The van der Waals surface area contributed by atoms with E-state index < -0.39 is 5.60 Å². The molecule has 0 spiro atoms. The SMILES string of the molecule is CCn1cnnc1CNCCC(=O)OC(C)(C)C. The van der Waals surface area contributed by atoms with Crippen LogP contribution in [-0.4, -0.2) is 32.9 Å². The van der Waals surface area contributed by atoms with Crippen molar-refractivity contribution in [2.75, 3.05) is 6.54 Å². The summed E-state index contributed by atoms with van der Waals surface area (Å²) < 4.78 is 7.17. The molecule has 0 saturated carbocycles. The van der Waals surface area contributed by atoms with Gasteiger partial charge in [-0.15, -0.1) is 10.2 Å². The Kier molecular flexibility index (Phi) is 5.27. The van der Waals surface area contributed by atoms with Gasteiger partial charge in [0, 0.05) is 13.1 Å². The minimum Gasteiger partial charge on any atom is -0.460 e. The molecule has 0 atom stereocenters. The van der Waals surface area contributed by atoms with Gasteiger partial charge in [0.2, 0.25) is 0 Å². The number of hydrogen-bond donors (Lipinski definition) is 1. The number of ether oxygens (including phenoxy) is 1. The first-order chi connectivity index (χ1) is 8.42. The predicted molar refractivity (Wildman–Crippen MR) is 67.9 cm³/mol. The molecule has 102 valence electrons. The highest BCUT2D eigenvalue weighted by Crippen LogP contribution is 2.07. The van der Waals surface area contributed by atoms with Gasteiger partial charge in [-0.05, 0) is 27.7 Å². The van der Waals surface area contributed by atoms with Crippen LogP contribution in [0.1, 0.15) is 39.9 Å². The van der Waals surface area contributed by atoms with Crippen molar-refractivity contribution < 1.29 is 9.53 Å². The summed E-state index contributed by atoms with van der Waals surface area (Å²) in [7, 11) is 0. The highest BCUT2D eigenvalue weighted by Gasteiger charge is 2.15. The number of hydrogen-bond acceptors (Lipinski definition) is 5. The maximum atomic E-state index is 11.4. The van der Waals surface area contributed by atoms with E-state index in [-0.39, 0.29) is 5.97 Å². The Morgan fingerprint density at radius 2 is 2.22 bits per heavy atom. The molecular formula is C12H22N4O2. The summed E-state index contributed by atoms with van der Waals surface area (Å²) in [5, 5.41) is 11.0. The van der Waals surface area contributed by atoms with Crippen molar-refractivity contribution in [2.45, 2.75) is 52.8 Å². The molecule has 1 heterocycles. The van der Waals surface area contributed by atoms with E-state index in [4.69, 9.17) is 4.74 Å². The lowest BCUT2D eigenvalue weighted by atomic mass is 10.2. The smallest absolute Gasteiger partial charge is 0.307 e. The molecule has 0 amide bonds. The van der Waals surface area contributed by atoms with Crippen LogP contribution in [0.5, 0.6) is 0 Å². The van der Waals surface area contributed by atoms with E-state index in [1.165, 1.54) is 0 Å². The maximum absolute atomic E-state index is 11.4. The second-order valence-electron chi connectivity index (χ2n) is 5.05. The van der Waals surface area contributed by atoms with Crippen LogP contribution in [0.4, 0.5) is 0 Å². The van der Waals surface area contributed by atoms with E-state index in [1.54, 1.807) is 6.33 Å². The first-order valence-electron chi connectivity index (χ1n) is 6.21.